The molecule has 0 heterocycles. The van der Waals surface area contributed by atoms with Crippen LogP contribution in [0.3, 0.4) is 0 Å². The molecule has 0 spiro atoms. The molecule has 1 unspecified atom stereocenters. The third-order valence-corrected chi connectivity index (χ3v) is 4.00. The van der Waals surface area contributed by atoms with Crippen molar-refractivity contribution in [3.63, 3.8) is 0 Å². The van der Waals surface area contributed by atoms with Crippen molar-refractivity contribution in [2.45, 2.75) is 51.4 Å². The van der Waals surface area contributed by atoms with Crippen LogP contribution in [0.5, 0.6) is 5.75 Å². The van der Waals surface area contributed by atoms with Crippen LogP contribution in [0, 0.1) is 5.92 Å². The minimum Gasteiger partial charge on any atom is -0.406 e. The molecule has 1 fully saturated rings. The summed E-state index contributed by atoms with van der Waals surface area (Å²) in [6.07, 6.45) is 1.27. The van der Waals surface area contributed by atoms with Crippen molar-refractivity contribution in [1.82, 2.24) is 5.32 Å². The Labute approximate surface area is 123 Å². The van der Waals surface area contributed by atoms with Gasteiger partial charge in [-0.15, -0.1) is 13.2 Å². The molecule has 1 aliphatic carbocycles. The molecule has 1 atom stereocenters. The highest BCUT2D eigenvalue weighted by Crippen LogP contribution is 2.36. The Morgan fingerprint density at radius 2 is 1.95 bits per heavy atom. The predicted molar refractivity (Wildman–Crippen MR) is 76.1 cm³/mol. The SMILES string of the molecule is CCNC(c1cccc(OC(F)(F)F)c1)C1CCCCC1. The molecule has 1 aromatic carbocycles. The molecule has 2 nitrogen and oxygen atoms in total. The largest absolute Gasteiger partial charge is 0.573 e. The molecule has 1 aromatic rings. The highest BCUT2D eigenvalue weighted by molar-refractivity contribution is 5.31. The van der Waals surface area contributed by atoms with Gasteiger partial charge >= 0.3 is 6.36 Å². The highest BCUT2D eigenvalue weighted by atomic mass is 19.4. The van der Waals surface area contributed by atoms with Crippen molar-refractivity contribution in [1.29, 1.82) is 0 Å². The zero-order valence-electron chi connectivity index (χ0n) is 12.2. The summed E-state index contributed by atoms with van der Waals surface area (Å²) in [5, 5.41) is 3.42. The summed E-state index contributed by atoms with van der Waals surface area (Å²) in [4.78, 5) is 0. The van der Waals surface area contributed by atoms with Crippen molar-refractivity contribution in [2.75, 3.05) is 6.54 Å². The van der Waals surface area contributed by atoms with Gasteiger partial charge in [0.25, 0.3) is 0 Å². The fourth-order valence-corrected chi connectivity index (χ4v) is 3.15. The molecule has 5 heteroatoms. The van der Waals surface area contributed by atoms with E-state index in [0.29, 0.717) is 5.92 Å². The zero-order chi connectivity index (χ0) is 15.3. The molecule has 1 aliphatic rings. The monoisotopic (exact) mass is 301 g/mol. The van der Waals surface area contributed by atoms with Crippen LogP contribution in [-0.4, -0.2) is 12.9 Å². The fourth-order valence-electron chi connectivity index (χ4n) is 3.15. The van der Waals surface area contributed by atoms with Gasteiger partial charge in [-0.2, -0.15) is 0 Å². The standard InChI is InChI=1S/C16H22F3NO/c1-2-20-15(12-7-4-3-5-8-12)13-9-6-10-14(11-13)21-16(17,18)19/h6,9-12,15,20H,2-5,7-8H2,1H3. The van der Waals surface area contributed by atoms with Crippen LogP contribution in [0.25, 0.3) is 0 Å². The molecule has 0 bridgehead atoms. The number of ether oxygens (including phenoxy) is 1. The normalized spacial score (nSPS) is 18.5. The number of halogens is 3. The first-order chi connectivity index (χ1) is 9.99. The summed E-state index contributed by atoms with van der Waals surface area (Å²) in [6, 6.07) is 6.47. The molecule has 2 rings (SSSR count). The van der Waals surface area contributed by atoms with Crippen LogP contribution in [0.2, 0.25) is 0 Å². The van der Waals surface area contributed by atoms with Crippen LogP contribution in [0.4, 0.5) is 13.2 Å². The molecule has 0 aliphatic heterocycles. The molecular formula is C16H22F3NO. The number of rotatable bonds is 5. The van der Waals surface area contributed by atoms with Crippen LogP contribution in [0.15, 0.2) is 24.3 Å². The van der Waals surface area contributed by atoms with Gasteiger partial charge in [0.2, 0.25) is 0 Å². The Balaban J connectivity index is 2.17. The van der Waals surface area contributed by atoms with E-state index in [9.17, 15) is 13.2 Å². The summed E-state index contributed by atoms with van der Waals surface area (Å²) in [5.41, 5.74) is 0.880. The molecule has 0 saturated heterocycles. The molecule has 21 heavy (non-hydrogen) atoms. The van der Waals surface area contributed by atoms with Gasteiger partial charge in [-0.3, -0.25) is 0 Å². The van der Waals surface area contributed by atoms with Gasteiger partial charge in [-0.1, -0.05) is 38.3 Å². The molecule has 0 radical (unpaired) electrons. The maximum absolute atomic E-state index is 12.3. The maximum atomic E-state index is 12.3. The number of hydrogen-bond acceptors (Lipinski definition) is 2. The van der Waals surface area contributed by atoms with E-state index in [-0.39, 0.29) is 11.8 Å². The average molecular weight is 301 g/mol. The van der Waals surface area contributed by atoms with E-state index < -0.39 is 6.36 Å². The van der Waals surface area contributed by atoms with Crippen molar-refractivity contribution in [3.8, 4) is 5.75 Å². The third-order valence-electron chi connectivity index (χ3n) is 4.00. The highest BCUT2D eigenvalue weighted by Gasteiger charge is 2.31. The van der Waals surface area contributed by atoms with Crippen molar-refractivity contribution < 1.29 is 17.9 Å². The van der Waals surface area contributed by atoms with Gasteiger partial charge in [-0.25, -0.2) is 0 Å². The molecule has 118 valence electrons. The van der Waals surface area contributed by atoms with Gasteiger partial charge in [0, 0.05) is 6.04 Å². The lowest BCUT2D eigenvalue weighted by Gasteiger charge is -2.31. The summed E-state index contributed by atoms with van der Waals surface area (Å²) < 4.78 is 41.0. The van der Waals surface area contributed by atoms with Gasteiger partial charge in [0.05, 0.1) is 0 Å². The predicted octanol–water partition coefficient (Wildman–Crippen LogP) is 4.82. The second-order valence-electron chi connectivity index (χ2n) is 5.55. The molecule has 1 N–H and O–H groups in total. The van der Waals surface area contributed by atoms with E-state index in [2.05, 4.69) is 10.1 Å². The smallest absolute Gasteiger partial charge is 0.406 e. The first kappa shape index (κ1) is 16.1. The maximum Gasteiger partial charge on any atom is 0.573 e. The summed E-state index contributed by atoms with van der Waals surface area (Å²) in [7, 11) is 0. The number of nitrogens with one attached hydrogen (secondary N) is 1. The van der Waals surface area contributed by atoms with Crippen molar-refractivity contribution in [3.05, 3.63) is 29.8 Å². The third kappa shape index (κ3) is 4.92. The van der Waals surface area contributed by atoms with Crippen LogP contribution >= 0.6 is 0 Å². The van der Waals surface area contributed by atoms with Crippen LogP contribution < -0.4 is 10.1 Å². The van der Waals surface area contributed by atoms with Crippen LogP contribution in [0.1, 0.15) is 50.6 Å². The van der Waals surface area contributed by atoms with Crippen molar-refractivity contribution >= 4 is 0 Å². The Kier molecular flexibility index (Phi) is 5.51. The molecule has 0 aromatic heterocycles. The van der Waals surface area contributed by atoms with Gasteiger partial charge in [0.15, 0.2) is 0 Å². The lowest BCUT2D eigenvalue weighted by Crippen LogP contribution is -2.29. The van der Waals surface area contributed by atoms with Crippen molar-refractivity contribution in [2.24, 2.45) is 5.92 Å². The zero-order valence-corrected chi connectivity index (χ0v) is 12.2. The average Bonchev–Trinajstić information content (AvgIpc) is 2.44. The Morgan fingerprint density at radius 1 is 1.24 bits per heavy atom. The second kappa shape index (κ2) is 7.16. The lowest BCUT2D eigenvalue weighted by atomic mass is 9.81. The minimum absolute atomic E-state index is 0.104. The van der Waals surface area contributed by atoms with E-state index in [0.717, 1.165) is 24.9 Å². The number of benzene rings is 1. The topological polar surface area (TPSA) is 21.3 Å². The molecular weight excluding hydrogens is 279 g/mol. The minimum atomic E-state index is -4.64. The first-order valence-corrected chi connectivity index (χ1v) is 7.58. The van der Waals surface area contributed by atoms with E-state index in [4.69, 9.17) is 0 Å². The van der Waals surface area contributed by atoms with E-state index in [1.165, 1.54) is 31.4 Å². The first-order valence-electron chi connectivity index (χ1n) is 7.58. The van der Waals surface area contributed by atoms with E-state index >= 15 is 0 Å². The van der Waals surface area contributed by atoms with Gasteiger partial charge in [0.1, 0.15) is 5.75 Å². The fraction of sp³-hybridized carbons (Fsp3) is 0.625. The van der Waals surface area contributed by atoms with E-state index in [1.807, 2.05) is 13.0 Å². The number of alkyl halides is 3. The Bertz CT molecular complexity index is 441. The Hall–Kier alpha value is -1.23. The lowest BCUT2D eigenvalue weighted by molar-refractivity contribution is -0.274. The molecule has 0 amide bonds. The van der Waals surface area contributed by atoms with Crippen LogP contribution in [-0.2, 0) is 0 Å². The molecule has 1 saturated carbocycles. The quantitative estimate of drug-likeness (QED) is 0.842. The summed E-state index contributed by atoms with van der Waals surface area (Å²) in [6.45, 7) is 2.82. The van der Waals surface area contributed by atoms with E-state index in [1.54, 1.807) is 6.07 Å². The summed E-state index contributed by atoms with van der Waals surface area (Å²) >= 11 is 0. The second-order valence-corrected chi connectivity index (χ2v) is 5.55. The number of hydrogen-bond donors (Lipinski definition) is 1. The summed E-state index contributed by atoms with van der Waals surface area (Å²) in [5.74, 6) is 0.346. The van der Waals surface area contributed by atoms with Gasteiger partial charge in [-0.05, 0) is 43.0 Å². The van der Waals surface area contributed by atoms with Gasteiger partial charge < -0.3 is 10.1 Å². The Morgan fingerprint density at radius 3 is 2.57 bits per heavy atom.